The molecule has 1 aromatic heterocycles. The first-order chi connectivity index (χ1) is 7.76. The summed E-state index contributed by atoms with van der Waals surface area (Å²) in [7, 11) is 0. The number of amides is 1. The second-order valence-corrected chi connectivity index (χ2v) is 4.52. The summed E-state index contributed by atoms with van der Waals surface area (Å²) >= 11 is 0. The standard InChI is InChI=1S/C11H17N3O2/c15-8-11(4-1-2-5-11)7-12-10(16)9-3-6-13-14-9/h3,6,15H,1-2,4-5,7-8H2,(H,12,16)(H,13,14). The molecule has 2 rings (SSSR count). The second kappa shape index (κ2) is 4.65. The van der Waals surface area contributed by atoms with Gasteiger partial charge < -0.3 is 10.4 Å². The highest BCUT2D eigenvalue weighted by Crippen LogP contribution is 2.36. The van der Waals surface area contributed by atoms with Crippen molar-refractivity contribution in [3.05, 3.63) is 18.0 Å². The molecule has 16 heavy (non-hydrogen) atoms. The Morgan fingerprint density at radius 3 is 2.88 bits per heavy atom. The molecule has 0 radical (unpaired) electrons. The maximum absolute atomic E-state index is 11.7. The van der Waals surface area contributed by atoms with Crippen LogP contribution < -0.4 is 5.32 Å². The van der Waals surface area contributed by atoms with Crippen LogP contribution in [0.4, 0.5) is 0 Å². The van der Waals surface area contributed by atoms with Crippen LogP contribution in [0.15, 0.2) is 12.3 Å². The SMILES string of the molecule is O=C(NCC1(CO)CCCC1)c1ccn[nH]1. The van der Waals surface area contributed by atoms with Crippen LogP contribution in [-0.2, 0) is 0 Å². The number of H-pyrrole nitrogens is 1. The van der Waals surface area contributed by atoms with E-state index in [1.807, 2.05) is 0 Å². The molecule has 5 nitrogen and oxygen atoms in total. The van der Waals surface area contributed by atoms with Crippen molar-refractivity contribution in [2.45, 2.75) is 25.7 Å². The Balaban J connectivity index is 1.89. The molecule has 0 unspecified atom stereocenters. The Morgan fingerprint density at radius 2 is 2.31 bits per heavy atom. The maximum atomic E-state index is 11.7. The van der Waals surface area contributed by atoms with Gasteiger partial charge in [0.25, 0.3) is 5.91 Å². The number of nitrogens with zero attached hydrogens (tertiary/aromatic N) is 1. The van der Waals surface area contributed by atoms with Gasteiger partial charge >= 0.3 is 0 Å². The molecule has 0 bridgehead atoms. The second-order valence-electron chi connectivity index (χ2n) is 4.52. The van der Waals surface area contributed by atoms with Gasteiger partial charge in [0.15, 0.2) is 0 Å². The highest BCUT2D eigenvalue weighted by atomic mass is 16.3. The van der Waals surface area contributed by atoms with Crippen molar-refractivity contribution in [3.8, 4) is 0 Å². The smallest absolute Gasteiger partial charge is 0.269 e. The van der Waals surface area contributed by atoms with E-state index in [1.165, 1.54) is 0 Å². The summed E-state index contributed by atoms with van der Waals surface area (Å²) in [6.45, 7) is 0.692. The number of rotatable bonds is 4. The zero-order valence-electron chi connectivity index (χ0n) is 9.20. The molecule has 1 amide bonds. The third kappa shape index (κ3) is 2.24. The van der Waals surface area contributed by atoms with Crippen LogP contribution in [0.25, 0.3) is 0 Å². The van der Waals surface area contributed by atoms with Crippen LogP contribution in [0, 0.1) is 5.41 Å². The van der Waals surface area contributed by atoms with Crippen LogP contribution in [0.5, 0.6) is 0 Å². The fraction of sp³-hybridized carbons (Fsp3) is 0.636. The van der Waals surface area contributed by atoms with Gasteiger partial charge in [0.2, 0.25) is 0 Å². The summed E-state index contributed by atoms with van der Waals surface area (Å²) in [6.07, 6.45) is 5.81. The summed E-state index contributed by atoms with van der Waals surface area (Å²) in [5.41, 5.74) is 0.362. The average Bonchev–Trinajstić information content (AvgIpc) is 2.98. The van der Waals surface area contributed by atoms with Gasteiger partial charge in [-0.05, 0) is 18.9 Å². The predicted molar refractivity (Wildman–Crippen MR) is 58.9 cm³/mol. The Hall–Kier alpha value is -1.36. The number of hydrogen-bond donors (Lipinski definition) is 3. The van der Waals surface area contributed by atoms with Crippen LogP contribution in [0.3, 0.4) is 0 Å². The van der Waals surface area contributed by atoms with Crippen molar-refractivity contribution in [2.24, 2.45) is 5.41 Å². The molecule has 0 atom stereocenters. The third-order valence-electron chi connectivity index (χ3n) is 3.37. The highest BCUT2D eigenvalue weighted by Gasteiger charge is 2.33. The van der Waals surface area contributed by atoms with E-state index in [4.69, 9.17) is 0 Å². The molecule has 0 aromatic carbocycles. The Morgan fingerprint density at radius 1 is 1.56 bits per heavy atom. The minimum absolute atomic E-state index is 0.102. The Kier molecular flexibility index (Phi) is 3.24. The number of carbonyl (C=O) groups excluding carboxylic acids is 1. The molecule has 0 spiro atoms. The number of nitrogens with one attached hydrogen (secondary N) is 2. The van der Waals surface area contributed by atoms with Crippen molar-refractivity contribution < 1.29 is 9.90 Å². The third-order valence-corrected chi connectivity index (χ3v) is 3.37. The first kappa shape index (κ1) is 11.1. The van der Waals surface area contributed by atoms with Crippen molar-refractivity contribution in [1.29, 1.82) is 0 Å². The Labute approximate surface area is 94.2 Å². The lowest BCUT2D eigenvalue weighted by molar-refractivity contribution is 0.0876. The largest absolute Gasteiger partial charge is 0.396 e. The fourth-order valence-electron chi connectivity index (χ4n) is 2.26. The maximum Gasteiger partial charge on any atom is 0.269 e. The van der Waals surface area contributed by atoms with Gasteiger partial charge in [-0.25, -0.2) is 0 Å². The van der Waals surface area contributed by atoms with Crippen molar-refractivity contribution >= 4 is 5.91 Å². The first-order valence-corrected chi connectivity index (χ1v) is 5.64. The summed E-state index contributed by atoms with van der Waals surface area (Å²) in [5, 5.41) is 18.6. The molecule has 1 heterocycles. The molecule has 1 fully saturated rings. The fourth-order valence-corrected chi connectivity index (χ4v) is 2.26. The monoisotopic (exact) mass is 223 g/mol. The Bertz CT molecular complexity index is 342. The van der Waals surface area contributed by atoms with Crippen molar-refractivity contribution in [3.63, 3.8) is 0 Å². The molecular formula is C11H17N3O2. The zero-order chi connectivity index (χ0) is 11.4. The van der Waals surface area contributed by atoms with E-state index in [0.29, 0.717) is 12.2 Å². The van der Waals surface area contributed by atoms with Gasteiger partial charge in [-0.2, -0.15) is 5.10 Å². The molecular weight excluding hydrogens is 206 g/mol. The van der Waals surface area contributed by atoms with E-state index in [1.54, 1.807) is 12.3 Å². The van der Waals surface area contributed by atoms with Gasteiger partial charge in [0, 0.05) is 18.2 Å². The lowest BCUT2D eigenvalue weighted by Crippen LogP contribution is -2.38. The quantitative estimate of drug-likeness (QED) is 0.702. The van der Waals surface area contributed by atoms with Gasteiger partial charge in [0.05, 0.1) is 6.61 Å². The van der Waals surface area contributed by atoms with Gasteiger partial charge in [-0.3, -0.25) is 9.89 Å². The summed E-state index contributed by atoms with van der Waals surface area (Å²) in [4.78, 5) is 11.7. The van der Waals surface area contributed by atoms with E-state index in [2.05, 4.69) is 15.5 Å². The van der Waals surface area contributed by atoms with Crippen molar-refractivity contribution in [1.82, 2.24) is 15.5 Å². The number of aliphatic hydroxyl groups is 1. The number of aliphatic hydroxyl groups excluding tert-OH is 1. The lowest BCUT2D eigenvalue weighted by atomic mass is 9.87. The minimum Gasteiger partial charge on any atom is -0.396 e. The predicted octanol–water partition coefficient (Wildman–Crippen LogP) is 0.692. The van der Waals surface area contributed by atoms with E-state index in [0.717, 1.165) is 25.7 Å². The highest BCUT2D eigenvalue weighted by molar-refractivity contribution is 5.92. The summed E-state index contributed by atoms with van der Waals surface area (Å²) < 4.78 is 0. The number of hydrogen-bond acceptors (Lipinski definition) is 3. The topological polar surface area (TPSA) is 78.0 Å². The molecule has 1 aliphatic carbocycles. The molecule has 1 aliphatic rings. The summed E-state index contributed by atoms with van der Waals surface area (Å²) in [5.74, 6) is -0.155. The number of aromatic nitrogens is 2. The molecule has 5 heteroatoms. The van der Waals surface area contributed by atoms with Crippen LogP contribution in [-0.4, -0.2) is 34.4 Å². The molecule has 3 N–H and O–H groups in total. The van der Waals surface area contributed by atoms with Gasteiger partial charge in [-0.15, -0.1) is 0 Å². The van der Waals surface area contributed by atoms with E-state index in [-0.39, 0.29) is 17.9 Å². The van der Waals surface area contributed by atoms with E-state index >= 15 is 0 Å². The van der Waals surface area contributed by atoms with Crippen LogP contribution >= 0.6 is 0 Å². The molecule has 0 saturated heterocycles. The molecule has 1 saturated carbocycles. The van der Waals surface area contributed by atoms with Crippen LogP contribution in [0.2, 0.25) is 0 Å². The lowest BCUT2D eigenvalue weighted by Gasteiger charge is -2.26. The normalized spacial score (nSPS) is 18.6. The average molecular weight is 223 g/mol. The molecule has 0 aliphatic heterocycles. The minimum atomic E-state index is -0.155. The summed E-state index contributed by atoms with van der Waals surface area (Å²) in [6, 6.07) is 1.63. The van der Waals surface area contributed by atoms with Crippen molar-refractivity contribution in [2.75, 3.05) is 13.2 Å². The molecule has 88 valence electrons. The molecule has 1 aromatic rings. The van der Waals surface area contributed by atoms with E-state index in [9.17, 15) is 9.90 Å². The van der Waals surface area contributed by atoms with Crippen LogP contribution in [0.1, 0.15) is 36.2 Å². The zero-order valence-corrected chi connectivity index (χ0v) is 9.20. The van der Waals surface area contributed by atoms with Gasteiger partial charge in [-0.1, -0.05) is 12.8 Å². The number of carbonyl (C=O) groups is 1. The first-order valence-electron chi connectivity index (χ1n) is 5.64. The van der Waals surface area contributed by atoms with Gasteiger partial charge in [0.1, 0.15) is 5.69 Å². The van der Waals surface area contributed by atoms with E-state index < -0.39 is 0 Å². The number of aromatic amines is 1.